The Kier molecular flexibility index (Phi) is 3.46. The van der Waals surface area contributed by atoms with Crippen LogP contribution in [0, 0.1) is 13.8 Å². The molecule has 0 N–H and O–H groups in total. The van der Waals surface area contributed by atoms with E-state index in [9.17, 15) is 9.59 Å². The van der Waals surface area contributed by atoms with E-state index in [0.29, 0.717) is 23.1 Å². The van der Waals surface area contributed by atoms with Crippen LogP contribution in [0.25, 0.3) is 11.0 Å². The van der Waals surface area contributed by atoms with Crippen LogP contribution in [-0.2, 0) is 0 Å². The number of benzene rings is 1. The van der Waals surface area contributed by atoms with Crippen LogP contribution < -0.4 is 5.43 Å². The van der Waals surface area contributed by atoms with Crippen molar-refractivity contribution in [1.82, 2.24) is 9.88 Å². The van der Waals surface area contributed by atoms with E-state index in [-0.39, 0.29) is 17.1 Å². The Morgan fingerprint density at radius 1 is 1.12 bits per heavy atom. The maximum atomic E-state index is 13.2. The maximum Gasteiger partial charge on any atom is 0.290 e. The number of carbonyl (C=O) groups is 1. The summed E-state index contributed by atoms with van der Waals surface area (Å²) in [6.07, 6.45) is 3.34. The first-order valence-corrected chi connectivity index (χ1v) is 8.31. The summed E-state index contributed by atoms with van der Waals surface area (Å²) in [6.45, 7) is 6.31. The molecule has 126 valence electrons. The van der Waals surface area contributed by atoms with Crippen molar-refractivity contribution in [3.05, 3.63) is 74.9 Å². The number of hydrogen-bond acceptors (Lipinski definition) is 4. The van der Waals surface area contributed by atoms with E-state index in [2.05, 4.69) is 4.98 Å². The van der Waals surface area contributed by atoms with Crippen LogP contribution in [0.15, 0.2) is 45.9 Å². The average molecular weight is 334 g/mol. The molecular formula is C20H18N2O3. The highest BCUT2D eigenvalue weighted by Crippen LogP contribution is 2.37. The van der Waals surface area contributed by atoms with Crippen molar-refractivity contribution in [2.45, 2.75) is 26.8 Å². The summed E-state index contributed by atoms with van der Waals surface area (Å²) in [5.74, 6) is -0.0824. The van der Waals surface area contributed by atoms with Gasteiger partial charge in [0.25, 0.3) is 5.91 Å². The van der Waals surface area contributed by atoms with E-state index < -0.39 is 6.04 Å². The molecule has 0 bridgehead atoms. The lowest BCUT2D eigenvalue weighted by molar-refractivity contribution is 0.0737. The van der Waals surface area contributed by atoms with E-state index in [1.165, 1.54) is 0 Å². The predicted molar refractivity (Wildman–Crippen MR) is 94.7 cm³/mol. The van der Waals surface area contributed by atoms with Gasteiger partial charge in [-0.05, 0) is 61.7 Å². The first-order chi connectivity index (χ1) is 12.0. The van der Waals surface area contributed by atoms with E-state index in [1.807, 2.05) is 45.0 Å². The van der Waals surface area contributed by atoms with E-state index in [1.54, 1.807) is 17.3 Å². The van der Waals surface area contributed by atoms with Gasteiger partial charge in [-0.3, -0.25) is 14.6 Å². The molecule has 0 spiro atoms. The summed E-state index contributed by atoms with van der Waals surface area (Å²) in [7, 11) is 0. The standard InChI is InChI=1S/C20H18N2O3/c1-4-22-17(13-5-7-21-8-6-13)16-18(23)14-9-11(2)12(3)10-15(14)25-19(16)20(22)24/h5-10,17H,4H2,1-3H3. The van der Waals surface area contributed by atoms with E-state index >= 15 is 0 Å². The molecule has 25 heavy (non-hydrogen) atoms. The quantitative estimate of drug-likeness (QED) is 0.721. The van der Waals surface area contributed by atoms with Crippen molar-refractivity contribution < 1.29 is 9.21 Å². The van der Waals surface area contributed by atoms with Crippen LogP contribution in [0.5, 0.6) is 0 Å². The molecule has 2 aromatic heterocycles. The van der Waals surface area contributed by atoms with Gasteiger partial charge in [0.1, 0.15) is 5.58 Å². The van der Waals surface area contributed by atoms with Crippen LogP contribution in [-0.4, -0.2) is 22.3 Å². The van der Waals surface area contributed by atoms with Crippen LogP contribution in [0.4, 0.5) is 0 Å². The Hall–Kier alpha value is -2.95. The van der Waals surface area contributed by atoms with Crippen LogP contribution >= 0.6 is 0 Å². The number of pyridine rings is 1. The fourth-order valence-corrected chi connectivity index (χ4v) is 3.49. The number of nitrogens with zero attached hydrogens (tertiary/aromatic N) is 2. The molecule has 0 fully saturated rings. The Morgan fingerprint density at radius 2 is 1.80 bits per heavy atom. The third kappa shape index (κ3) is 2.19. The van der Waals surface area contributed by atoms with Gasteiger partial charge < -0.3 is 9.32 Å². The minimum Gasteiger partial charge on any atom is -0.450 e. The number of hydrogen-bond donors (Lipinski definition) is 0. The molecule has 0 saturated carbocycles. The Bertz CT molecular complexity index is 1050. The fourth-order valence-electron chi connectivity index (χ4n) is 3.49. The fraction of sp³-hybridized carbons (Fsp3) is 0.250. The predicted octanol–water partition coefficient (Wildman–Crippen LogP) is 3.37. The van der Waals surface area contributed by atoms with Gasteiger partial charge in [0.05, 0.1) is 17.0 Å². The first kappa shape index (κ1) is 15.6. The number of aryl methyl sites for hydroxylation is 2. The van der Waals surface area contributed by atoms with Gasteiger partial charge in [-0.2, -0.15) is 0 Å². The van der Waals surface area contributed by atoms with Gasteiger partial charge in [-0.15, -0.1) is 0 Å². The number of carbonyl (C=O) groups excluding carboxylic acids is 1. The summed E-state index contributed by atoms with van der Waals surface area (Å²) >= 11 is 0. The van der Waals surface area contributed by atoms with Gasteiger partial charge in [0, 0.05) is 18.9 Å². The van der Waals surface area contributed by atoms with E-state index in [4.69, 9.17) is 4.42 Å². The SMILES string of the molecule is CCN1C(=O)c2oc3cc(C)c(C)cc3c(=O)c2C1c1ccncc1. The number of fused-ring (bicyclic) bond motifs is 2. The average Bonchev–Trinajstić information content (AvgIpc) is 2.90. The summed E-state index contributed by atoms with van der Waals surface area (Å²) in [5, 5.41) is 0.520. The molecule has 3 aromatic rings. The van der Waals surface area contributed by atoms with Crippen LogP contribution in [0.2, 0.25) is 0 Å². The second kappa shape index (κ2) is 5.55. The highest BCUT2D eigenvalue weighted by molar-refractivity contribution is 5.99. The molecular weight excluding hydrogens is 316 g/mol. The van der Waals surface area contributed by atoms with Crippen LogP contribution in [0.3, 0.4) is 0 Å². The zero-order valence-electron chi connectivity index (χ0n) is 14.4. The lowest BCUT2D eigenvalue weighted by Gasteiger charge is -2.23. The lowest BCUT2D eigenvalue weighted by atomic mass is 9.98. The summed E-state index contributed by atoms with van der Waals surface area (Å²) < 4.78 is 5.91. The van der Waals surface area contributed by atoms with Gasteiger partial charge in [-0.25, -0.2) is 0 Å². The molecule has 1 atom stereocenters. The number of rotatable bonds is 2. The molecule has 0 saturated heterocycles. The molecule has 0 radical (unpaired) electrons. The van der Waals surface area contributed by atoms with E-state index in [0.717, 1.165) is 16.7 Å². The monoisotopic (exact) mass is 334 g/mol. The molecule has 1 aliphatic rings. The summed E-state index contributed by atoms with van der Waals surface area (Å²) in [4.78, 5) is 31.8. The topological polar surface area (TPSA) is 63.4 Å². The normalized spacial score (nSPS) is 16.5. The second-order valence-electron chi connectivity index (χ2n) is 6.38. The van der Waals surface area contributed by atoms with Crippen LogP contribution in [0.1, 0.15) is 45.8 Å². The number of aromatic nitrogens is 1. The minimum absolute atomic E-state index is 0.134. The minimum atomic E-state index is -0.433. The maximum absolute atomic E-state index is 13.2. The lowest BCUT2D eigenvalue weighted by Crippen LogP contribution is -2.29. The largest absolute Gasteiger partial charge is 0.450 e. The van der Waals surface area contributed by atoms with Gasteiger partial charge in [-0.1, -0.05) is 0 Å². The van der Waals surface area contributed by atoms with Crippen molar-refractivity contribution in [1.29, 1.82) is 0 Å². The van der Waals surface area contributed by atoms with Crippen molar-refractivity contribution in [3.8, 4) is 0 Å². The molecule has 1 aliphatic heterocycles. The molecule has 1 unspecified atom stereocenters. The third-order valence-corrected chi connectivity index (χ3v) is 4.94. The second-order valence-corrected chi connectivity index (χ2v) is 6.38. The molecule has 5 heteroatoms. The smallest absolute Gasteiger partial charge is 0.290 e. The van der Waals surface area contributed by atoms with Crippen molar-refractivity contribution in [2.75, 3.05) is 6.54 Å². The molecule has 4 rings (SSSR count). The highest BCUT2D eigenvalue weighted by Gasteiger charge is 2.41. The Morgan fingerprint density at radius 3 is 2.48 bits per heavy atom. The summed E-state index contributed by atoms with van der Waals surface area (Å²) in [6, 6.07) is 6.91. The van der Waals surface area contributed by atoms with Crippen molar-refractivity contribution in [3.63, 3.8) is 0 Å². The molecule has 0 aliphatic carbocycles. The molecule has 1 aromatic carbocycles. The molecule has 3 heterocycles. The Balaban J connectivity index is 2.06. The highest BCUT2D eigenvalue weighted by atomic mass is 16.3. The first-order valence-electron chi connectivity index (χ1n) is 8.31. The van der Waals surface area contributed by atoms with Crippen molar-refractivity contribution >= 4 is 16.9 Å². The van der Waals surface area contributed by atoms with Crippen molar-refractivity contribution in [2.24, 2.45) is 0 Å². The number of amides is 1. The zero-order valence-corrected chi connectivity index (χ0v) is 14.4. The Labute approximate surface area is 144 Å². The zero-order chi connectivity index (χ0) is 17.7. The van der Waals surface area contributed by atoms with Gasteiger partial charge >= 0.3 is 0 Å². The molecule has 5 nitrogen and oxygen atoms in total. The molecule has 1 amide bonds. The third-order valence-electron chi connectivity index (χ3n) is 4.94. The van der Waals surface area contributed by atoms with Gasteiger partial charge in [0.15, 0.2) is 5.43 Å². The van der Waals surface area contributed by atoms with Gasteiger partial charge in [0.2, 0.25) is 5.76 Å². The summed E-state index contributed by atoms with van der Waals surface area (Å²) in [5.41, 5.74) is 3.67.